The van der Waals surface area contributed by atoms with E-state index in [2.05, 4.69) is 5.32 Å². The molecule has 4 aromatic rings. The van der Waals surface area contributed by atoms with Crippen molar-refractivity contribution >= 4 is 40.7 Å². The summed E-state index contributed by atoms with van der Waals surface area (Å²) in [7, 11) is 0. The van der Waals surface area contributed by atoms with Crippen LogP contribution in [0.3, 0.4) is 0 Å². The molecule has 0 saturated carbocycles. The highest BCUT2D eigenvalue weighted by molar-refractivity contribution is 6.35. The van der Waals surface area contributed by atoms with Crippen molar-refractivity contribution in [3.63, 3.8) is 0 Å². The zero-order valence-electron chi connectivity index (χ0n) is 23.4. The molecule has 2 unspecified atom stereocenters. The lowest BCUT2D eigenvalue weighted by Gasteiger charge is -2.40. The second-order valence-electron chi connectivity index (χ2n) is 11.6. The third-order valence-electron chi connectivity index (χ3n) is 7.37. The molecule has 0 fully saturated rings. The van der Waals surface area contributed by atoms with Gasteiger partial charge in [-0.3, -0.25) is 4.79 Å². The van der Waals surface area contributed by atoms with E-state index in [4.69, 9.17) is 44.5 Å². The number of carbonyl (C=O) groups excluding carboxylic acids is 1. The number of aliphatic hydroxyl groups is 1. The van der Waals surface area contributed by atoms with Crippen LogP contribution >= 0.6 is 34.8 Å². The minimum absolute atomic E-state index is 0.0129. The maximum absolute atomic E-state index is 12.7. The number of phenolic OH excluding ortho intramolecular Hbond substituents is 1. The number of aromatic nitrogens is 1. The maximum atomic E-state index is 12.7. The van der Waals surface area contributed by atoms with Crippen LogP contribution in [0.5, 0.6) is 11.6 Å². The Labute approximate surface area is 260 Å². The second kappa shape index (κ2) is 11.8. The molecule has 9 heteroatoms. The highest BCUT2D eigenvalue weighted by Gasteiger charge is 2.39. The Morgan fingerprint density at radius 2 is 1.71 bits per heavy atom. The van der Waals surface area contributed by atoms with Crippen LogP contribution in [-0.4, -0.2) is 38.9 Å². The van der Waals surface area contributed by atoms with E-state index in [1.54, 1.807) is 37.3 Å². The molecule has 2 heterocycles. The number of benzene rings is 3. The molecule has 1 aromatic heterocycles. The third-order valence-corrected chi connectivity index (χ3v) is 8.19. The van der Waals surface area contributed by atoms with Crippen LogP contribution in [0.1, 0.15) is 55.5 Å². The minimum Gasteiger partial charge on any atom is -0.507 e. The van der Waals surface area contributed by atoms with Crippen LogP contribution in [0.4, 0.5) is 0 Å². The first kappa shape index (κ1) is 30.2. The van der Waals surface area contributed by atoms with Crippen LogP contribution in [0.25, 0.3) is 22.4 Å². The number of hydrogen-bond donors (Lipinski definition) is 3. The topological polar surface area (TPSA) is 91.7 Å². The van der Waals surface area contributed by atoms with Gasteiger partial charge in [-0.2, -0.15) is 0 Å². The number of hydrogen-bond acceptors (Lipinski definition) is 5. The Hall–Kier alpha value is -3.29. The van der Waals surface area contributed by atoms with E-state index in [-0.39, 0.29) is 23.8 Å². The van der Waals surface area contributed by atoms with Gasteiger partial charge in [-0.05, 0) is 93.6 Å². The fourth-order valence-electron chi connectivity index (χ4n) is 5.44. The first-order valence-electron chi connectivity index (χ1n) is 13.6. The molecule has 1 amide bonds. The highest BCUT2D eigenvalue weighted by atomic mass is 35.5. The van der Waals surface area contributed by atoms with E-state index in [1.807, 2.05) is 44.2 Å². The van der Waals surface area contributed by atoms with E-state index < -0.39 is 17.1 Å². The first-order chi connectivity index (χ1) is 19.8. The number of carbonyl (C=O) groups is 1. The maximum Gasteiger partial charge on any atom is 0.255 e. The largest absolute Gasteiger partial charge is 0.507 e. The average Bonchev–Trinajstić information content (AvgIpc) is 2.92. The Morgan fingerprint density at radius 3 is 2.43 bits per heavy atom. The quantitative estimate of drug-likeness (QED) is 0.192. The SMILES string of the molecule is CC(O)(CNC(=O)c1ccccc1O)CC1CC(C)(C)Oc2nc(-c3cc(Cl)ccc3Cl)c(-c3ccc(Cl)cc3)cc21. The van der Waals surface area contributed by atoms with Gasteiger partial charge >= 0.3 is 0 Å². The molecular weight excluding hydrogens is 595 g/mol. The highest BCUT2D eigenvalue weighted by Crippen LogP contribution is 2.47. The number of pyridine rings is 1. The standard InChI is InChI=1S/C33H31Cl3N2O4/c1-32(2)16-20(17-33(3,41)18-37-30(40)23-6-4-5-7-28(23)39)25-15-24(19-8-10-21(34)11-9-19)29(38-31(25)42-32)26-14-22(35)12-13-27(26)36/h4-15,20,39,41H,16-18H2,1-3H3,(H,37,40). The molecule has 3 aromatic carbocycles. The molecule has 0 spiro atoms. The van der Waals surface area contributed by atoms with Crippen LogP contribution < -0.4 is 10.1 Å². The number of halogens is 3. The van der Waals surface area contributed by atoms with Crippen LogP contribution in [-0.2, 0) is 0 Å². The van der Waals surface area contributed by atoms with Crippen LogP contribution in [0.15, 0.2) is 72.8 Å². The van der Waals surface area contributed by atoms with Crippen molar-refractivity contribution in [2.24, 2.45) is 0 Å². The average molecular weight is 626 g/mol. The third kappa shape index (κ3) is 6.68. The van der Waals surface area contributed by atoms with Gasteiger partial charge in [0.1, 0.15) is 11.4 Å². The van der Waals surface area contributed by atoms with Gasteiger partial charge in [0, 0.05) is 33.3 Å². The predicted octanol–water partition coefficient (Wildman–Crippen LogP) is 8.30. The van der Waals surface area contributed by atoms with Crippen LogP contribution in [0, 0.1) is 0 Å². The Morgan fingerprint density at radius 1 is 1.02 bits per heavy atom. The van der Waals surface area contributed by atoms with Gasteiger partial charge in [-0.25, -0.2) is 4.98 Å². The number of phenols is 1. The fourth-order valence-corrected chi connectivity index (χ4v) is 5.95. The Balaban J connectivity index is 1.53. The number of nitrogens with one attached hydrogen (secondary N) is 1. The zero-order valence-corrected chi connectivity index (χ0v) is 25.7. The summed E-state index contributed by atoms with van der Waals surface area (Å²) in [6.07, 6.45) is 0.940. The van der Waals surface area contributed by atoms with E-state index in [1.165, 1.54) is 12.1 Å². The molecule has 0 bridgehead atoms. The summed E-state index contributed by atoms with van der Waals surface area (Å²) in [6.45, 7) is 5.64. The molecule has 1 aliphatic heterocycles. The number of nitrogens with zero attached hydrogens (tertiary/aromatic N) is 1. The van der Waals surface area contributed by atoms with Gasteiger partial charge in [-0.1, -0.05) is 59.1 Å². The lowest BCUT2D eigenvalue weighted by molar-refractivity contribution is 0.0159. The molecule has 0 radical (unpaired) electrons. The summed E-state index contributed by atoms with van der Waals surface area (Å²) in [5.41, 5.74) is 2.12. The zero-order chi connectivity index (χ0) is 30.2. The summed E-state index contributed by atoms with van der Waals surface area (Å²) in [6, 6.07) is 21.0. The number of fused-ring (bicyclic) bond motifs is 1. The van der Waals surface area contributed by atoms with Gasteiger partial charge in [0.25, 0.3) is 5.91 Å². The van der Waals surface area contributed by atoms with Crippen molar-refractivity contribution in [3.05, 3.63) is 99.0 Å². The summed E-state index contributed by atoms with van der Waals surface area (Å²) >= 11 is 19.2. The van der Waals surface area contributed by atoms with E-state index in [9.17, 15) is 15.0 Å². The number of rotatable bonds is 7. The number of ether oxygens (including phenoxy) is 1. The lowest BCUT2D eigenvalue weighted by atomic mass is 9.78. The van der Waals surface area contributed by atoms with Gasteiger partial charge in [0.2, 0.25) is 5.88 Å². The van der Waals surface area contributed by atoms with Gasteiger partial charge in [-0.15, -0.1) is 0 Å². The molecule has 218 valence electrons. The molecule has 0 saturated heterocycles. The molecular formula is C33H31Cl3N2O4. The molecule has 1 aliphatic rings. The molecule has 6 nitrogen and oxygen atoms in total. The van der Waals surface area contributed by atoms with Crippen molar-refractivity contribution < 1.29 is 19.7 Å². The van der Waals surface area contributed by atoms with E-state index >= 15 is 0 Å². The van der Waals surface area contributed by atoms with Crippen molar-refractivity contribution in [3.8, 4) is 34.0 Å². The summed E-state index contributed by atoms with van der Waals surface area (Å²) in [5.74, 6) is -0.278. The number of aromatic hydroxyl groups is 1. The molecule has 5 rings (SSSR count). The molecule has 0 aliphatic carbocycles. The number of para-hydroxylation sites is 1. The van der Waals surface area contributed by atoms with Crippen molar-refractivity contribution in [2.75, 3.05) is 6.54 Å². The van der Waals surface area contributed by atoms with E-state index in [0.29, 0.717) is 45.0 Å². The molecule has 3 N–H and O–H groups in total. The lowest BCUT2D eigenvalue weighted by Crippen LogP contribution is -2.44. The van der Waals surface area contributed by atoms with Gasteiger partial charge in [0.15, 0.2) is 0 Å². The smallest absolute Gasteiger partial charge is 0.255 e. The van der Waals surface area contributed by atoms with Crippen molar-refractivity contribution in [1.82, 2.24) is 10.3 Å². The van der Waals surface area contributed by atoms with Gasteiger partial charge in [0.05, 0.1) is 21.9 Å². The van der Waals surface area contributed by atoms with Crippen molar-refractivity contribution in [2.45, 2.75) is 50.7 Å². The molecule has 2 atom stereocenters. The molecule has 42 heavy (non-hydrogen) atoms. The van der Waals surface area contributed by atoms with Crippen molar-refractivity contribution in [1.29, 1.82) is 0 Å². The van der Waals surface area contributed by atoms with Crippen LogP contribution in [0.2, 0.25) is 15.1 Å². The minimum atomic E-state index is -1.27. The summed E-state index contributed by atoms with van der Waals surface area (Å²) in [4.78, 5) is 17.7. The normalized spacial score (nSPS) is 17.1. The fraction of sp³-hybridized carbons (Fsp3) is 0.273. The summed E-state index contributed by atoms with van der Waals surface area (Å²) in [5, 5.41) is 25.9. The van der Waals surface area contributed by atoms with Gasteiger partial charge < -0.3 is 20.3 Å². The first-order valence-corrected chi connectivity index (χ1v) is 14.7. The monoisotopic (exact) mass is 624 g/mol. The Kier molecular flexibility index (Phi) is 8.46. The summed E-state index contributed by atoms with van der Waals surface area (Å²) < 4.78 is 6.39. The second-order valence-corrected chi connectivity index (χ2v) is 12.9. The van der Waals surface area contributed by atoms with E-state index in [0.717, 1.165) is 16.7 Å². The number of amides is 1. The Bertz CT molecular complexity index is 1640. The predicted molar refractivity (Wildman–Crippen MR) is 168 cm³/mol.